The minimum atomic E-state index is -3.15. The Morgan fingerprint density at radius 2 is 1.95 bits per heavy atom. The fourth-order valence-electron chi connectivity index (χ4n) is 3.42. The van der Waals surface area contributed by atoms with Gasteiger partial charge in [-0.15, -0.1) is 0 Å². The molecule has 0 radical (unpaired) electrons. The van der Waals surface area contributed by atoms with Gasteiger partial charge in [-0.2, -0.15) is 0 Å². The first kappa shape index (κ1) is 14.7. The summed E-state index contributed by atoms with van der Waals surface area (Å²) in [6.45, 7) is 6.13. The molecule has 3 saturated heterocycles. The highest BCUT2D eigenvalue weighted by Gasteiger charge is 2.36. The Labute approximate surface area is 121 Å². The quantitative estimate of drug-likeness (QED) is 0.757. The summed E-state index contributed by atoms with van der Waals surface area (Å²) in [7, 11) is -3.15. The van der Waals surface area contributed by atoms with Crippen molar-refractivity contribution in [2.45, 2.75) is 31.4 Å². The number of hydrogen-bond acceptors (Lipinski definition) is 5. The van der Waals surface area contributed by atoms with Crippen LogP contribution in [0.5, 0.6) is 0 Å². The SMILES string of the molecule is O=S(=O)(CC1CCCO1)N1CCC(N2CCNCC2)C1. The van der Waals surface area contributed by atoms with E-state index in [1.54, 1.807) is 4.31 Å². The maximum atomic E-state index is 12.4. The van der Waals surface area contributed by atoms with Gasteiger partial charge in [0.05, 0.1) is 11.9 Å². The molecule has 2 atom stereocenters. The highest BCUT2D eigenvalue weighted by molar-refractivity contribution is 7.89. The van der Waals surface area contributed by atoms with Crippen LogP contribution in [0.3, 0.4) is 0 Å². The number of sulfonamides is 1. The lowest BCUT2D eigenvalue weighted by atomic mass is 10.2. The monoisotopic (exact) mass is 303 g/mol. The summed E-state index contributed by atoms with van der Waals surface area (Å²) in [6.07, 6.45) is 2.75. The molecule has 0 aliphatic carbocycles. The molecule has 2 unspecified atom stereocenters. The predicted molar refractivity (Wildman–Crippen MR) is 77.2 cm³/mol. The fourth-order valence-corrected chi connectivity index (χ4v) is 5.15. The van der Waals surface area contributed by atoms with Crippen molar-refractivity contribution in [1.29, 1.82) is 0 Å². The molecule has 6 nitrogen and oxygen atoms in total. The molecule has 0 aromatic carbocycles. The van der Waals surface area contributed by atoms with E-state index in [9.17, 15) is 8.42 Å². The highest BCUT2D eigenvalue weighted by Crippen LogP contribution is 2.22. The first-order chi connectivity index (χ1) is 9.65. The molecule has 116 valence electrons. The van der Waals surface area contributed by atoms with Gasteiger partial charge in [-0.25, -0.2) is 12.7 Å². The van der Waals surface area contributed by atoms with Crippen LogP contribution in [0.4, 0.5) is 0 Å². The maximum absolute atomic E-state index is 12.4. The van der Waals surface area contributed by atoms with Gasteiger partial charge in [-0.1, -0.05) is 0 Å². The zero-order valence-corrected chi connectivity index (χ0v) is 12.8. The molecular weight excluding hydrogens is 278 g/mol. The van der Waals surface area contributed by atoms with Crippen LogP contribution in [-0.2, 0) is 14.8 Å². The molecule has 0 amide bonds. The molecule has 1 N–H and O–H groups in total. The van der Waals surface area contributed by atoms with Crippen LogP contribution in [0, 0.1) is 0 Å². The topological polar surface area (TPSA) is 61.9 Å². The van der Waals surface area contributed by atoms with Gasteiger partial charge in [-0.3, -0.25) is 4.90 Å². The first-order valence-corrected chi connectivity index (χ1v) is 9.30. The number of ether oxygens (including phenoxy) is 1. The van der Waals surface area contributed by atoms with Crippen LogP contribution in [0.15, 0.2) is 0 Å². The minimum Gasteiger partial charge on any atom is -0.377 e. The molecule has 3 rings (SSSR count). The van der Waals surface area contributed by atoms with E-state index < -0.39 is 10.0 Å². The van der Waals surface area contributed by atoms with Crippen LogP contribution in [-0.4, -0.2) is 81.4 Å². The summed E-state index contributed by atoms with van der Waals surface area (Å²) in [4.78, 5) is 2.43. The van der Waals surface area contributed by atoms with Crippen LogP contribution in [0.25, 0.3) is 0 Å². The molecule has 3 heterocycles. The molecule has 3 aliphatic rings. The number of piperazine rings is 1. The van der Waals surface area contributed by atoms with Gasteiger partial charge < -0.3 is 10.1 Å². The Bertz CT molecular complexity index is 417. The number of rotatable bonds is 4. The van der Waals surface area contributed by atoms with Gasteiger partial charge in [0.2, 0.25) is 10.0 Å². The first-order valence-electron chi connectivity index (χ1n) is 7.69. The Hall–Kier alpha value is -0.210. The minimum absolute atomic E-state index is 0.0850. The lowest BCUT2D eigenvalue weighted by Gasteiger charge is -2.32. The average molecular weight is 303 g/mol. The van der Waals surface area contributed by atoms with Gasteiger partial charge in [0.15, 0.2) is 0 Å². The molecular formula is C13H25N3O3S. The predicted octanol–water partition coefficient (Wildman–Crippen LogP) is -0.525. The van der Waals surface area contributed by atoms with Gasteiger partial charge in [0, 0.05) is 51.9 Å². The molecule has 20 heavy (non-hydrogen) atoms. The van der Waals surface area contributed by atoms with Crippen molar-refractivity contribution in [1.82, 2.24) is 14.5 Å². The standard InChI is InChI=1S/C13H25N3O3S/c17-20(18,11-13-2-1-9-19-13)16-6-3-12(10-16)15-7-4-14-5-8-15/h12-14H,1-11H2. The third-order valence-electron chi connectivity index (χ3n) is 4.61. The Morgan fingerprint density at radius 1 is 1.15 bits per heavy atom. The molecule has 0 aromatic heterocycles. The van der Waals surface area contributed by atoms with E-state index in [-0.39, 0.29) is 11.9 Å². The number of nitrogens with zero attached hydrogens (tertiary/aromatic N) is 2. The van der Waals surface area contributed by atoms with Crippen molar-refractivity contribution in [3.63, 3.8) is 0 Å². The molecule has 3 fully saturated rings. The summed E-state index contributed by atoms with van der Waals surface area (Å²) < 4.78 is 32.0. The largest absolute Gasteiger partial charge is 0.377 e. The fraction of sp³-hybridized carbons (Fsp3) is 1.00. The van der Waals surface area contributed by atoms with Crippen LogP contribution in [0.1, 0.15) is 19.3 Å². The zero-order valence-electron chi connectivity index (χ0n) is 12.0. The smallest absolute Gasteiger partial charge is 0.216 e. The number of hydrogen-bond donors (Lipinski definition) is 1. The average Bonchev–Trinajstić information content (AvgIpc) is 3.10. The van der Waals surface area contributed by atoms with Crippen LogP contribution < -0.4 is 5.32 Å². The van der Waals surface area contributed by atoms with E-state index >= 15 is 0 Å². The molecule has 0 bridgehead atoms. The maximum Gasteiger partial charge on any atom is 0.216 e. The van der Waals surface area contributed by atoms with Gasteiger partial charge in [0.1, 0.15) is 0 Å². The van der Waals surface area contributed by atoms with Crippen LogP contribution >= 0.6 is 0 Å². The number of nitrogens with one attached hydrogen (secondary N) is 1. The van der Waals surface area contributed by atoms with Crippen molar-refractivity contribution in [3.8, 4) is 0 Å². The lowest BCUT2D eigenvalue weighted by Crippen LogP contribution is -2.49. The van der Waals surface area contributed by atoms with E-state index in [0.717, 1.165) is 45.4 Å². The Morgan fingerprint density at radius 3 is 2.65 bits per heavy atom. The van der Waals surface area contributed by atoms with Crippen molar-refractivity contribution in [2.24, 2.45) is 0 Å². The lowest BCUT2D eigenvalue weighted by molar-refractivity contribution is 0.126. The second-order valence-electron chi connectivity index (χ2n) is 6.00. The van der Waals surface area contributed by atoms with Crippen LogP contribution in [0.2, 0.25) is 0 Å². The van der Waals surface area contributed by atoms with Crippen molar-refractivity contribution in [3.05, 3.63) is 0 Å². The zero-order chi connectivity index (χ0) is 14.0. The summed E-state index contributed by atoms with van der Waals surface area (Å²) in [6, 6.07) is 0.399. The van der Waals surface area contributed by atoms with E-state index in [1.807, 2.05) is 0 Å². The Kier molecular flexibility index (Phi) is 4.62. The normalized spacial score (nSPS) is 33.8. The molecule has 3 aliphatic heterocycles. The second-order valence-corrected chi connectivity index (χ2v) is 8.01. The third kappa shape index (κ3) is 3.33. The molecule has 7 heteroatoms. The summed E-state index contributed by atoms with van der Waals surface area (Å²) in [5.41, 5.74) is 0. The molecule has 0 aromatic rings. The molecule has 0 saturated carbocycles. The van der Waals surface area contributed by atoms with E-state index in [4.69, 9.17) is 4.74 Å². The molecule has 0 spiro atoms. The van der Waals surface area contributed by atoms with Crippen molar-refractivity contribution >= 4 is 10.0 Å². The summed E-state index contributed by atoms with van der Waals surface area (Å²) in [5.74, 6) is 0.168. The summed E-state index contributed by atoms with van der Waals surface area (Å²) >= 11 is 0. The van der Waals surface area contributed by atoms with E-state index in [2.05, 4.69) is 10.2 Å². The third-order valence-corrected chi connectivity index (χ3v) is 6.52. The van der Waals surface area contributed by atoms with E-state index in [1.165, 1.54) is 0 Å². The van der Waals surface area contributed by atoms with Gasteiger partial charge in [0.25, 0.3) is 0 Å². The van der Waals surface area contributed by atoms with Crippen molar-refractivity contribution in [2.75, 3.05) is 51.6 Å². The van der Waals surface area contributed by atoms with Crippen molar-refractivity contribution < 1.29 is 13.2 Å². The Balaban J connectivity index is 1.55. The van der Waals surface area contributed by atoms with Gasteiger partial charge >= 0.3 is 0 Å². The van der Waals surface area contributed by atoms with E-state index in [0.29, 0.717) is 25.7 Å². The summed E-state index contributed by atoms with van der Waals surface area (Å²) in [5, 5.41) is 3.34. The second kappa shape index (κ2) is 6.27. The van der Waals surface area contributed by atoms with Gasteiger partial charge in [-0.05, 0) is 19.3 Å². The highest BCUT2D eigenvalue weighted by atomic mass is 32.2.